The molecule has 0 aliphatic carbocycles. The van der Waals surface area contributed by atoms with Crippen LogP contribution in [0, 0.1) is 5.92 Å². The van der Waals surface area contributed by atoms with Gasteiger partial charge in [-0.15, -0.1) is 0 Å². The van der Waals surface area contributed by atoms with Crippen LogP contribution in [0.5, 0.6) is 0 Å². The SMILES string of the molecule is CCC(C)CN(C)CCNCCc1ccsc1. The Bertz CT molecular complexity index is 272. The van der Waals surface area contributed by atoms with E-state index in [4.69, 9.17) is 0 Å². The van der Waals surface area contributed by atoms with Gasteiger partial charge in [-0.3, -0.25) is 0 Å². The molecule has 0 aliphatic heterocycles. The van der Waals surface area contributed by atoms with E-state index in [2.05, 4.69) is 47.9 Å². The van der Waals surface area contributed by atoms with E-state index in [1.807, 2.05) is 0 Å². The third-order valence-electron chi connectivity index (χ3n) is 3.16. The quantitative estimate of drug-likeness (QED) is 0.682. The predicted octanol–water partition coefficient (Wildman–Crippen LogP) is 2.86. The molecule has 0 spiro atoms. The van der Waals surface area contributed by atoms with Gasteiger partial charge >= 0.3 is 0 Å². The monoisotopic (exact) mass is 254 g/mol. The molecule has 1 aromatic rings. The molecule has 98 valence electrons. The van der Waals surface area contributed by atoms with Gasteiger partial charge in [0, 0.05) is 19.6 Å². The molecule has 0 saturated heterocycles. The maximum absolute atomic E-state index is 3.51. The van der Waals surface area contributed by atoms with Crippen molar-refractivity contribution in [2.75, 3.05) is 33.2 Å². The summed E-state index contributed by atoms with van der Waals surface area (Å²) in [5, 5.41) is 7.89. The molecule has 2 nitrogen and oxygen atoms in total. The lowest BCUT2D eigenvalue weighted by Crippen LogP contribution is -2.32. The zero-order valence-electron chi connectivity index (χ0n) is 11.4. The summed E-state index contributed by atoms with van der Waals surface area (Å²) in [6.45, 7) is 9.12. The molecule has 1 aromatic heterocycles. The first-order chi connectivity index (χ1) is 8.22. The minimum absolute atomic E-state index is 0.811. The second-order valence-electron chi connectivity index (χ2n) is 4.91. The van der Waals surface area contributed by atoms with E-state index in [-0.39, 0.29) is 0 Å². The second kappa shape index (κ2) is 8.67. The zero-order valence-corrected chi connectivity index (χ0v) is 12.2. The Balaban J connectivity index is 1.96. The van der Waals surface area contributed by atoms with Gasteiger partial charge in [0.25, 0.3) is 0 Å². The highest BCUT2D eigenvalue weighted by Gasteiger charge is 2.03. The lowest BCUT2D eigenvalue weighted by molar-refractivity contribution is 0.282. The molecule has 0 saturated carbocycles. The fourth-order valence-corrected chi connectivity index (χ4v) is 2.52. The molecule has 1 atom stereocenters. The highest BCUT2D eigenvalue weighted by atomic mass is 32.1. The van der Waals surface area contributed by atoms with Crippen molar-refractivity contribution >= 4 is 11.3 Å². The average molecular weight is 254 g/mol. The lowest BCUT2D eigenvalue weighted by Gasteiger charge is -2.20. The first-order valence-electron chi connectivity index (χ1n) is 6.62. The summed E-state index contributed by atoms with van der Waals surface area (Å²) in [5.41, 5.74) is 1.45. The van der Waals surface area contributed by atoms with E-state index in [1.54, 1.807) is 11.3 Å². The van der Waals surface area contributed by atoms with Crippen LogP contribution in [0.15, 0.2) is 16.8 Å². The van der Waals surface area contributed by atoms with Crippen molar-refractivity contribution in [1.29, 1.82) is 0 Å². The van der Waals surface area contributed by atoms with Crippen LogP contribution in [0.3, 0.4) is 0 Å². The van der Waals surface area contributed by atoms with Gasteiger partial charge in [-0.2, -0.15) is 11.3 Å². The number of nitrogens with zero attached hydrogens (tertiary/aromatic N) is 1. The van der Waals surface area contributed by atoms with E-state index in [1.165, 1.54) is 18.5 Å². The van der Waals surface area contributed by atoms with E-state index >= 15 is 0 Å². The van der Waals surface area contributed by atoms with Crippen molar-refractivity contribution in [2.24, 2.45) is 5.92 Å². The molecule has 1 N–H and O–H groups in total. The predicted molar refractivity (Wildman–Crippen MR) is 77.8 cm³/mol. The Labute approximate surface area is 110 Å². The summed E-state index contributed by atoms with van der Waals surface area (Å²) in [7, 11) is 2.21. The van der Waals surface area contributed by atoms with Crippen LogP contribution in [0.4, 0.5) is 0 Å². The average Bonchev–Trinajstić information content (AvgIpc) is 2.81. The highest BCUT2D eigenvalue weighted by Crippen LogP contribution is 2.05. The molecule has 0 radical (unpaired) electrons. The number of rotatable bonds is 9. The number of hydrogen-bond acceptors (Lipinski definition) is 3. The molecule has 0 fully saturated rings. The molecule has 17 heavy (non-hydrogen) atoms. The van der Waals surface area contributed by atoms with Crippen molar-refractivity contribution in [1.82, 2.24) is 10.2 Å². The second-order valence-corrected chi connectivity index (χ2v) is 5.69. The maximum atomic E-state index is 3.51. The Morgan fingerprint density at radius 3 is 2.88 bits per heavy atom. The molecule has 1 rings (SSSR count). The van der Waals surface area contributed by atoms with Gasteiger partial charge in [-0.1, -0.05) is 20.3 Å². The van der Waals surface area contributed by atoms with Crippen LogP contribution in [0.25, 0.3) is 0 Å². The molecule has 0 aromatic carbocycles. The summed E-state index contributed by atoms with van der Waals surface area (Å²) in [6, 6.07) is 2.21. The molecular formula is C14H26N2S. The summed E-state index contributed by atoms with van der Waals surface area (Å²) < 4.78 is 0. The van der Waals surface area contributed by atoms with Crippen molar-refractivity contribution in [2.45, 2.75) is 26.7 Å². The summed E-state index contributed by atoms with van der Waals surface area (Å²) in [5.74, 6) is 0.811. The van der Waals surface area contributed by atoms with Crippen molar-refractivity contribution in [3.05, 3.63) is 22.4 Å². The van der Waals surface area contributed by atoms with Crippen LogP contribution in [0.1, 0.15) is 25.8 Å². The van der Waals surface area contributed by atoms with Crippen LogP contribution in [-0.4, -0.2) is 38.1 Å². The van der Waals surface area contributed by atoms with E-state index < -0.39 is 0 Å². The highest BCUT2D eigenvalue weighted by molar-refractivity contribution is 7.07. The van der Waals surface area contributed by atoms with Crippen molar-refractivity contribution in [3.8, 4) is 0 Å². The van der Waals surface area contributed by atoms with Gasteiger partial charge in [0.15, 0.2) is 0 Å². The van der Waals surface area contributed by atoms with Crippen LogP contribution in [0.2, 0.25) is 0 Å². The van der Waals surface area contributed by atoms with Crippen LogP contribution >= 0.6 is 11.3 Å². The number of likely N-dealkylation sites (N-methyl/N-ethyl adjacent to an activating group) is 1. The number of hydrogen-bond donors (Lipinski definition) is 1. The molecule has 3 heteroatoms. The summed E-state index contributed by atoms with van der Waals surface area (Å²) in [4.78, 5) is 2.42. The van der Waals surface area contributed by atoms with Gasteiger partial charge in [-0.25, -0.2) is 0 Å². The van der Waals surface area contributed by atoms with Gasteiger partial charge in [0.2, 0.25) is 0 Å². The molecule has 0 aliphatic rings. The molecule has 1 heterocycles. The van der Waals surface area contributed by atoms with Crippen LogP contribution < -0.4 is 5.32 Å². The maximum Gasteiger partial charge on any atom is 0.0104 e. The lowest BCUT2D eigenvalue weighted by atomic mass is 10.1. The molecule has 0 bridgehead atoms. The van der Waals surface area contributed by atoms with E-state index in [9.17, 15) is 0 Å². The van der Waals surface area contributed by atoms with Crippen LogP contribution in [-0.2, 0) is 6.42 Å². The van der Waals surface area contributed by atoms with Gasteiger partial charge < -0.3 is 10.2 Å². The summed E-state index contributed by atoms with van der Waals surface area (Å²) in [6.07, 6.45) is 2.43. The molecule has 1 unspecified atom stereocenters. The molecular weight excluding hydrogens is 228 g/mol. The minimum atomic E-state index is 0.811. The Hall–Kier alpha value is -0.380. The van der Waals surface area contributed by atoms with Gasteiger partial charge in [0.05, 0.1) is 0 Å². The Morgan fingerprint density at radius 1 is 1.41 bits per heavy atom. The van der Waals surface area contributed by atoms with Crippen molar-refractivity contribution < 1.29 is 0 Å². The van der Waals surface area contributed by atoms with E-state index in [0.717, 1.165) is 32.0 Å². The first kappa shape index (κ1) is 14.7. The Kier molecular flexibility index (Phi) is 7.49. The number of thiophene rings is 1. The topological polar surface area (TPSA) is 15.3 Å². The Morgan fingerprint density at radius 2 is 2.24 bits per heavy atom. The fourth-order valence-electron chi connectivity index (χ4n) is 1.81. The first-order valence-corrected chi connectivity index (χ1v) is 7.57. The van der Waals surface area contributed by atoms with Gasteiger partial charge in [0.1, 0.15) is 0 Å². The smallest absolute Gasteiger partial charge is 0.0104 e. The van der Waals surface area contributed by atoms with Crippen molar-refractivity contribution in [3.63, 3.8) is 0 Å². The number of nitrogens with one attached hydrogen (secondary N) is 1. The third-order valence-corrected chi connectivity index (χ3v) is 3.89. The normalized spacial score (nSPS) is 13.2. The minimum Gasteiger partial charge on any atom is -0.315 e. The summed E-state index contributed by atoms with van der Waals surface area (Å²) >= 11 is 1.78. The van der Waals surface area contributed by atoms with E-state index in [0.29, 0.717) is 0 Å². The zero-order chi connectivity index (χ0) is 12.5. The largest absolute Gasteiger partial charge is 0.315 e. The fraction of sp³-hybridized carbons (Fsp3) is 0.714. The van der Waals surface area contributed by atoms with Gasteiger partial charge in [-0.05, 0) is 48.3 Å². The third kappa shape index (κ3) is 6.81. The standard InChI is InChI=1S/C14H26N2S/c1-4-13(2)11-16(3)9-8-15-7-5-14-6-10-17-12-14/h6,10,12-13,15H,4-5,7-9,11H2,1-3H3. The molecule has 0 amide bonds.